The zero-order chi connectivity index (χ0) is 8.39. The normalized spacial score (nSPS) is 14.1. The van der Waals surface area contributed by atoms with E-state index in [1.54, 1.807) is 7.11 Å². The first-order chi connectivity index (χ1) is 5.92. The summed E-state index contributed by atoms with van der Waals surface area (Å²) in [5, 5.41) is 0. The van der Waals surface area contributed by atoms with Gasteiger partial charge in [-0.15, -0.1) is 0 Å². The highest BCUT2D eigenvalue weighted by Gasteiger charge is 2.07. The van der Waals surface area contributed by atoms with Crippen LogP contribution in [0.25, 0.3) is 6.08 Å². The van der Waals surface area contributed by atoms with E-state index in [9.17, 15) is 0 Å². The Morgan fingerprint density at radius 3 is 3.08 bits per heavy atom. The van der Waals surface area contributed by atoms with Gasteiger partial charge in [-0.1, -0.05) is 24.3 Å². The van der Waals surface area contributed by atoms with E-state index >= 15 is 0 Å². The van der Waals surface area contributed by atoms with E-state index < -0.39 is 0 Å². The van der Waals surface area contributed by atoms with Crippen LogP contribution in [0.15, 0.2) is 24.3 Å². The van der Waals surface area contributed by atoms with Gasteiger partial charge < -0.3 is 4.74 Å². The maximum atomic E-state index is 5.26. The molecule has 1 heteroatoms. The molecule has 0 aliphatic heterocycles. The molecule has 0 saturated heterocycles. The first-order valence-electron chi connectivity index (χ1n) is 4.24. The van der Waals surface area contributed by atoms with E-state index in [1.165, 1.54) is 11.1 Å². The zero-order valence-corrected chi connectivity index (χ0v) is 7.21. The molecule has 0 aromatic heterocycles. The summed E-state index contributed by atoms with van der Waals surface area (Å²) in [5.41, 5.74) is 2.66. The number of methoxy groups -OCH3 is 1. The maximum Gasteiger partial charge on any atom is 0.126 e. The number of ether oxygens (including phenoxy) is 1. The highest BCUT2D eigenvalue weighted by Crippen LogP contribution is 2.27. The van der Waals surface area contributed by atoms with Gasteiger partial charge in [0, 0.05) is 5.56 Å². The molecule has 1 nitrogen and oxygen atoms in total. The van der Waals surface area contributed by atoms with E-state index in [2.05, 4.69) is 24.3 Å². The van der Waals surface area contributed by atoms with Gasteiger partial charge in [-0.05, 0) is 24.5 Å². The van der Waals surface area contributed by atoms with Crippen molar-refractivity contribution in [2.45, 2.75) is 12.8 Å². The molecule has 2 rings (SSSR count). The lowest BCUT2D eigenvalue weighted by molar-refractivity contribution is 0.413. The lowest BCUT2D eigenvalue weighted by atomic mass is 9.97. The third-order valence-corrected chi connectivity index (χ3v) is 2.24. The number of aryl methyl sites for hydroxylation is 1. The van der Waals surface area contributed by atoms with E-state index in [1.807, 2.05) is 6.07 Å². The first kappa shape index (κ1) is 7.41. The molecule has 0 bridgehead atoms. The van der Waals surface area contributed by atoms with Gasteiger partial charge in [0.1, 0.15) is 5.75 Å². The summed E-state index contributed by atoms with van der Waals surface area (Å²) in [6.45, 7) is 0. The predicted octanol–water partition coefficient (Wildman–Crippen LogP) is 2.65. The summed E-state index contributed by atoms with van der Waals surface area (Å²) >= 11 is 0. The van der Waals surface area contributed by atoms with Crippen LogP contribution in [-0.2, 0) is 6.42 Å². The number of rotatable bonds is 1. The largest absolute Gasteiger partial charge is 0.496 e. The molecule has 0 amide bonds. The summed E-state index contributed by atoms with van der Waals surface area (Å²) < 4.78 is 5.26. The van der Waals surface area contributed by atoms with Crippen molar-refractivity contribution in [3.63, 3.8) is 0 Å². The Bertz CT molecular complexity index is 313. The molecule has 1 aromatic rings. The zero-order valence-electron chi connectivity index (χ0n) is 7.21. The fourth-order valence-electron chi connectivity index (χ4n) is 1.61. The molecule has 0 heterocycles. The van der Waals surface area contributed by atoms with Gasteiger partial charge in [-0.3, -0.25) is 0 Å². The van der Waals surface area contributed by atoms with Gasteiger partial charge in [-0.25, -0.2) is 0 Å². The minimum absolute atomic E-state index is 0.989. The lowest BCUT2D eigenvalue weighted by Crippen LogP contribution is -1.96. The van der Waals surface area contributed by atoms with Gasteiger partial charge in [0.05, 0.1) is 7.11 Å². The number of hydrogen-bond acceptors (Lipinski definition) is 1. The van der Waals surface area contributed by atoms with Crippen LogP contribution in [-0.4, -0.2) is 7.11 Å². The molecule has 0 spiro atoms. The van der Waals surface area contributed by atoms with Crippen molar-refractivity contribution in [3.8, 4) is 5.75 Å². The molecule has 1 aliphatic rings. The summed E-state index contributed by atoms with van der Waals surface area (Å²) in [7, 11) is 1.72. The number of fused-ring (bicyclic) bond motifs is 1. The van der Waals surface area contributed by atoms with Crippen molar-refractivity contribution >= 4 is 6.08 Å². The summed E-state index contributed by atoms with van der Waals surface area (Å²) in [6, 6.07) is 6.23. The van der Waals surface area contributed by atoms with Crippen molar-refractivity contribution in [2.24, 2.45) is 0 Å². The van der Waals surface area contributed by atoms with Crippen molar-refractivity contribution in [3.05, 3.63) is 35.4 Å². The molecule has 0 saturated carbocycles. The second kappa shape index (κ2) is 3.02. The van der Waals surface area contributed by atoms with Crippen LogP contribution in [0.5, 0.6) is 5.75 Å². The van der Waals surface area contributed by atoms with Crippen LogP contribution >= 0.6 is 0 Å². The van der Waals surface area contributed by atoms with Gasteiger partial charge in [0.25, 0.3) is 0 Å². The predicted molar refractivity (Wildman–Crippen MR) is 50.3 cm³/mol. The average Bonchev–Trinajstić information content (AvgIpc) is 2.17. The standard InChI is InChI=1S/C11H12O/c1-12-11-8-4-6-9-5-2-3-7-10(9)11/h3-4,6-8H,2,5H2,1H3. The topological polar surface area (TPSA) is 9.23 Å². The minimum Gasteiger partial charge on any atom is -0.496 e. The highest BCUT2D eigenvalue weighted by atomic mass is 16.5. The monoisotopic (exact) mass is 160 g/mol. The SMILES string of the molecule is COc1cccc2c1C=CCC2. The van der Waals surface area contributed by atoms with Crippen LogP contribution in [0.1, 0.15) is 17.5 Å². The van der Waals surface area contributed by atoms with E-state index in [-0.39, 0.29) is 0 Å². The van der Waals surface area contributed by atoms with Crippen molar-refractivity contribution in [2.75, 3.05) is 7.11 Å². The molecule has 0 unspecified atom stereocenters. The fourth-order valence-corrected chi connectivity index (χ4v) is 1.61. The average molecular weight is 160 g/mol. The molecule has 1 aromatic carbocycles. The third kappa shape index (κ3) is 1.11. The third-order valence-electron chi connectivity index (χ3n) is 2.24. The van der Waals surface area contributed by atoms with Crippen molar-refractivity contribution in [1.29, 1.82) is 0 Å². The molecule has 0 radical (unpaired) electrons. The van der Waals surface area contributed by atoms with Gasteiger partial charge in [-0.2, -0.15) is 0 Å². The molecule has 62 valence electrons. The number of hydrogen-bond donors (Lipinski definition) is 0. The number of benzene rings is 1. The highest BCUT2D eigenvalue weighted by molar-refractivity contribution is 5.63. The second-order valence-electron chi connectivity index (χ2n) is 2.97. The molecule has 0 fully saturated rings. The van der Waals surface area contributed by atoms with Crippen LogP contribution in [0.2, 0.25) is 0 Å². The Kier molecular flexibility index (Phi) is 1.86. The summed E-state index contributed by atoms with van der Waals surface area (Å²) in [4.78, 5) is 0. The number of allylic oxidation sites excluding steroid dienone is 1. The summed E-state index contributed by atoms with van der Waals surface area (Å²) in [6.07, 6.45) is 6.64. The van der Waals surface area contributed by atoms with E-state index in [4.69, 9.17) is 4.74 Å². The Hall–Kier alpha value is -1.24. The Morgan fingerprint density at radius 1 is 1.33 bits per heavy atom. The molecule has 0 atom stereocenters. The molecular formula is C11H12O. The fraction of sp³-hybridized carbons (Fsp3) is 0.273. The molecule has 0 N–H and O–H groups in total. The van der Waals surface area contributed by atoms with Crippen LogP contribution in [0, 0.1) is 0 Å². The maximum absolute atomic E-state index is 5.26. The smallest absolute Gasteiger partial charge is 0.126 e. The van der Waals surface area contributed by atoms with Crippen LogP contribution in [0.3, 0.4) is 0 Å². The second-order valence-corrected chi connectivity index (χ2v) is 2.97. The first-order valence-corrected chi connectivity index (χ1v) is 4.24. The van der Waals surface area contributed by atoms with Gasteiger partial charge >= 0.3 is 0 Å². The molecule has 1 aliphatic carbocycles. The van der Waals surface area contributed by atoms with Crippen molar-refractivity contribution < 1.29 is 4.74 Å². The van der Waals surface area contributed by atoms with Crippen molar-refractivity contribution in [1.82, 2.24) is 0 Å². The lowest BCUT2D eigenvalue weighted by Gasteiger charge is -2.13. The Balaban J connectivity index is 2.54. The summed E-state index contributed by atoms with van der Waals surface area (Å²) in [5.74, 6) is 0.989. The van der Waals surface area contributed by atoms with Gasteiger partial charge in [0.15, 0.2) is 0 Å². The van der Waals surface area contributed by atoms with E-state index in [0.717, 1.165) is 18.6 Å². The van der Waals surface area contributed by atoms with Crippen LogP contribution in [0.4, 0.5) is 0 Å². The quantitative estimate of drug-likeness (QED) is 0.613. The minimum atomic E-state index is 0.989. The molecular weight excluding hydrogens is 148 g/mol. The van der Waals surface area contributed by atoms with Crippen LogP contribution < -0.4 is 4.74 Å². The van der Waals surface area contributed by atoms with E-state index in [0.29, 0.717) is 0 Å². The Labute approximate surface area is 72.7 Å². The van der Waals surface area contributed by atoms with Gasteiger partial charge in [0.2, 0.25) is 0 Å². The molecule has 12 heavy (non-hydrogen) atoms. The Morgan fingerprint density at radius 2 is 2.25 bits per heavy atom.